The van der Waals surface area contributed by atoms with Crippen molar-refractivity contribution in [3.8, 4) is 17.6 Å². The largest absolute Gasteiger partial charge is 0.454 e. The molecule has 1 spiro atoms. The molecule has 2 N–H and O–H groups in total. The summed E-state index contributed by atoms with van der Waals surface area (Å²) >= 11 is 0. The molecule has 36 heavy (non-hydrogen) atoms. The Hall–Kier alpha value is -4.66. The predicted octanol–water partition coefficient (Wildman–Crippen LogP) is 3.97. The first-order chi connectivity index (χ1) is 17.5. The number of ether oxygens (including phenoxy) is 2. The molecule has 4 aromatic rings. The highest BCUT2D eigenvalue weighted by Crippen LogP contribution is 2.50. The van der Waals surface area contributed by atoms with Crippen LogP contribution in [0.15, 0.2) is 30.6 Å². The number of nitriles is 1. The van der Waals surface area contributed by atoms with Crippen LogP contribution in [0.2, 0.25) is 0 Å². The zero-order valence-corrected chi connectivity index (χ0v) is 19.8. The number of aryl methyl sites for hydroxylation is 2. The Morgan fingerprint density at radius 3 is 2.83 bits per heavy atom. The second-order valence-electron chi connectivity index (χ2n) is 9.02. The van der Waals surface area contributed by atoms with Crippen molar-refractivity contribution in [2.24, 2.45) is 7.05 Å². The molecule has 1 aliphatic carbocycles. The van der Waals surface area contributed by atoms with E-state index in [-0.39, 0.29) is 17.1 Å². The van der Waals surface area contributed by atoms with Gasteiger partial charge in [-0.1, -0.05) is 6.42 Å². The molecule has 12 heteroatoms. The molecule has 12 nitrogen and oxygen atoms in total. The number of amides is 1. The molecule has 1 fully saturated rings. The molecule has 1 aliphatic heterocycles. The monoisotopic (exact) mass is 485 g/mol. The van der Waals surface area contributed by atoms with Gasteiger partial charge in [0.1, 0.15) is 28.7 Å². The van der Waals surface area contributed by atoms with Gasteiger partial charge in [-0.25, -0.2) is 14.8 Å². The Morgan fingerprint density at radius 2 is 2.08 bits per heavy atom. The fraction of sp³-hybridized carbons (Fsp3) is 0.333. The lowest BCUT2D eigenvalue weighted by Gasteiger charge is -2.37. The van der Waals surface area contributed by atoms with Crippen LogP contribution in [0.4, 0.5) is 22.4 Å². The van der Waals surface area contributed by atoms with E-state index >= 15 is 0 Å². The average molecular weight is 486 g/mol. The van der Waals surface area contributed by atoms with E-state index in [0.29, 0.717) is 28.3 Å². The van der Waals surface area contributed by atoms with Gasteiger partial charge in [0.2, 0.25) is 5.95 Å². The Kier molecular flexibility index (Phi) is 4.99. The number of nitrogens with one attached hydrogen (secondary N) is 2. The lowest BCUT2D eigenvalue weighted by molar-refractivity contribution is 0.187. The fourth-order valence-corrected chi connectivity index (χ4v) is 5.02. The van der Waals surface area contributed by atoms with Crippen LogP contribution in [0.1, 0.15) is 36.9 Å². The number of fused-ring (bicyclic) bond motifs is 3. The number of hydrogen-bond acceptors (Lipinski definition) is 9. The SMILES string of the molecule is COC(=O)Nc1cc(Oc2cnc3nc(Nc4cc5n(n4)CCC54CCC4)n(C)c3c2C#N)ccn1. The molecule has 1 amide bonds. The standard InChI is InChI=1S/C24H23N9O3/c1-32-20-15(12-25)16(36-14-4-8-26-18(10-14)29-23(34)35-2)13-27-21(20)30-22(32)28-19-11-17-24(5-3-6-24)7-9-33(17)31-19/h4,8,10-11,13H,3,5-7,9H2,1-2H3,(H,26,29,34)(H,27,28,30,31). The summed E-state index contributed by atoms with van der Waals surface area (Å²) in [4.78, 5) is 24.5. The van der Waals surface area contributed by atoms with Crippen molar-refractivity contribution >= 4 is 34.8 Å². The minimum Gasteiger partial charge on any atom is -0.454 e. The number of imidazole rings is 1. The first kappa shape index (κ1) is 21.8. The summed E-state index contributed by atoms with van der Waals surface area (Å²) in [6, 6.07) is 7.45. The maximum Gasteiger partial charge on any atom is 0.412 e. The lowest BCUT2D eigenvalue weighted by atomic mass is 9.66. The maximum absolute atomic E-state index is 11.5. The minimum absolute atomic E-state index is 0.245. The van der Waals surface area contributed by atoms with Gasteiger partial charge in [0.05, 0.1) is 13.3 Å². The van der Waals surface area contributed by atoms with Crippen LogP contribution in [-0.2, 0) is 23.7 Å². The van der Waals surface area contributed by atoms with Crippen molar-refractivity contribution in [3.63, 3.8) is 0 Å². The quantitative estimate of drug-likeness (QED) is 0.429. The van der Waals surface area contributed by atoms with E-state index in [1.54, 1.807) is 10.6 Å². The van der Waals surface area contributed by atoms with Crippen LogP contribution in [0.3, 0.4) is 0 Å². The topological polar surface area (TPSA) is 145 Å². The first-order valence-electron chi connectivity index (χ1n) is 11.6. The Morgan fingerprint density at radius 1 is 1.22 bits per heavy atom. The number of anilines is 3. The number of rotatable bonds is 5. The molecule has 0 unspecified atom stereocenters. The predicted molar refractivity (Wildman–Crippen MR) is 129 cm³/mol. The fourth-order valence-electron chi connectivity index (χ4n) is 5.02. The van der Waals surface area contributed by atoms with Crippen molar-refractivity contribution in [1.82, 2.24) is 29.3 Å². The van der Waals surface area contributed by atoms with Gasteiger partial charge in [-0.05, 0) is 25.3 Å². The van der Waals surface area contributed by atoms with E-state index < -0.39 is 6.09 Å². The summed E-state index contributed by atoms with van der Waals surface area (Å²) < 4.78 is 14.4. The van der Waals surface area contributed by atoms with Gasteiger partial charge in [0.25, 0.3) is 0 Å². The van der Waals surface area contributed by atoms with Crippen molar-refractivity contribution in [2.45, 2.75) is 37.6 Å². The van der Waals surface area contributed by atoms with E-state index in [2.05, 4.69) is 47.1 Å². The van der Waals surface area contributed by atoms with Gasteiger partial charge >= 0.3 is 6.09 Å². The van der Waals surface area contributed by atoms with Crippen LogP contribution < -0.4 is 15.4 Å². The summed E-state index contributed by atoms with van der Waals surface area (Å²) in [6.07, 6.45) is 7.16. The number of pyridine rings is 2. The number of hydrogen-bond donors (Lipinski definition) is 2. The van der Waals surface area contributed by atoms with E-state index in [1.165, 1.54) is 50.5 Å². The molecule has 0 saturated heterocycles. The molecule has 4 aromatic heterocycles. The Balaban J connectivity index is 1.30. The van der Waals surface area contributed by atoms with Gasteiger partial charge in [0, 0.05) is 43.0 Å². The van der Waals surface area contributed by atoms with E-state index in [4.69, 9.17) is 9.84 Å². The first-order valence-corrected chi connectivity index (χ1v) is 11.6. The molecule has 182 valence electrons. The number of aromatic nitrogens is 6. The van der Waals surface area contributed by atoms with Crippen LogP contribution >= 0.6 is 0 Å². The van der Waals surface area contributed by atoms with Gasteiger partial charge in [-0.15, -0.1) is 0 Å². The molecule has 0 radical (unpaired) electrons. The van der Waals surface area contributed by atoms with Crippen molar-refractivity contribution in [2.75, 3.05) is 17.7 Å². The van der Waals surface area contributed by atoms with E-state index in [1.807, 2.05) is 7.05 Å². The van der Waals surface area contributed by atoms with Gasteiger partial charge in [-0.3, -0.25) is 10.00 Å². The molecular weight excluding hydrogens is 462 g/mol. The van der Waals surface area contributed by atoms with Crippen LogP contribution in [0, 0.1) is 11.3 Å². The summed E-state index contributed by atoms with van der Waals surface area (Å²) in [5, 5.41) is 20.5. The summed E-state index contributed by atoms with van der Waals surface area (Å²) in [7, 11) is 3.07. The normalized spacial score (nSPS) is 15.2. The highest BCUT2D eigenvalue weighted by atomic mass is 16.5. The van der Waals surface area contributed by atoms with Crippen LogP contribution in [0.5, 0.6) is 11.5 Å². The smallest absolute Gasteiger partial charge is 0.412 e. The minimum atomic E-state index is -0.652. The van der Waals surface area contributed by atoms with Crippen LogP contribution in [0.25, 0.3) is 11.2 Å². The second kappa shape index (κ2) is 8.23. The molecule has 6 rings (SSSR count). The van der Waals surface area contributed by atoms with Crippen molar-refractivity contribution in [1.29, 1.82) is 5.26 Å². The van der Waals surface area contributed by atoms with Gasteiger partial charge in [-0.2, -0.15) is 15.3 Å². The molecule has 2 aliphatic rings. The second-order valence-corrected chi connectivity index (χ2v) is 9.02. The van der Waals surface area contributed by atoms with E-state index in [9.17, 15) is 10.1 Å². The lowest BCUT2D eigenvalue weighted by Crippen LogP contribution is -2.31. The van der Waals surface area contributed by atoms with Gasteiger partial charge in [0.15, 0.2) is 17.2 Å². The molecule has 0 atom stereocenters. The number of carbonyl (C=O) groups is 1. The summed E-state index contributed by atoms with van der Waals surface area (Å²) in [5.41, 5.74) is 2.80. The molecule has 5 heterocycles. The molecule has 0 aromatic carbocycles. The molecule has 1 saturated carbocycles. The third kappa shape index (κ3) is 3.48. The van der Waals surface area contributed by atoms with Crippen molar-refractivity contribution in [3.05, 3.63) is 41.9 Å². The summed E-state index contributed by atoms with van der Waals surface area (Å²) in [5.74, 6) is 2.12. The van der Waals surface area contributed by atoms with E-state index in [0.717, 1.165) is 18.8 Å². The zero-order valence-electron chi connectivity index (χ0n) is 19.8. The third-order valence-electron chi connectivity index (χ3n) is 7.03. The Bertz CT molecular complexity index is 1540. The number of carbonyl (C=O) groups excluding carboxylic acids is 1. The highest BCUT2D eigenvalue weighted by Gasteiger charge is 2.45. The molecule has 0 bridgehead atoms. The average Bonchev–Trinajstić information content (AvgIpc) is 3.51. The van der Waals surface area contributed by atoms with Crippen molar-refractivity contribution < 1.29 is 14.3 Å². The van der Waals surface area contributed by atoms with Gasteiger partial charge < -0.3 is 19.4 Å². The highest BCUT2D eigenvalue weighted by molar-refractivity contribution is 5.85. The summed E-state index contributed by atoms with van der Waals surface area (Å²) in [6.45, 7) is 0.937. The zero-order chi connectivity index (χ0) is 24.9. The Labute approximate surface area is 205 Å². The molecular formula is C24H23N9O3. The number of methoxy groups -OCH3 is 1. The van der Waals surface area contributed by atoms with Crippen LogP contribution in [-0.4, -0.2) is 42.5 Å². The third-order valence-corrected chi connectivity index (χ3v) is 7.03. The maximum atomic E-state index is 11.5. The number of nitrogens with zero attached hydrogens (tertiary/aromatic N) is 7.